The predicted molar refractivity (Wildman–Crippen MR) is 37.4 cm³/mol. The monoisotopic (exact) mass is 165 g/mol. The summed E-state index contributed by atoms with van der Waals surface area (Å²) >= 11 is 11.0. The first-order valence-electron chi connectivity index (χ1n) is 2.39. The molecule has 2 nitrogen and oxygen atoms in total. The van der Waals surface area contributed by atoms with Crippen molar-refractivity contribution in [3.63, 3.8) is 0 Å². The zero-order valence-electron chi connectivity index (χ0n) is 4.49. The highest BCUT2D eigenvalue weighted by Gasteiger charge is 2.06. The molecule has 0 saturated carbocycles. The number of aliphatic hydroxyl groups excluding tert-OH is 1. The maximum absolute atomic E-state index is 8.83. The van der Waals surface area contributed by atoms with E-state index in [1.54, 1.807) is 0 Å². The first-order chi connectivity index (χ1) is 4.20. The van der Waals surface area contributed by atoms with Gasteiger partial charge in [0.05, 0.1) is 6.54 Å². The van der Waals surface area contributed by atoms with E-state index in [1.807, 2.05) is 0 Å². The zero-order valence-corrected chi connectivity index (χ0v) is 6.00. The van der Waals surface area contributed by atoms with Crippen molar-refractivity contribution in [3.05, 3.63) is 22.0 Å². The molecular weight excluding hydrogens is 161 g/mol. The van der Waals surface area contributed by atoms with Crippen molar-refractivity contribution >= 4 is 23.2 Å². The number of dihydropyridines is 1. The summed E-state index contributed by atoms with van der Waals surface area (Å²) in [5, 5.41) is 12.3. The van der Waals surface area contributed by atoms with E-state index >= 15 is 0 Å². The minimum Gasteiger partial charge on any atom is -0.494 e. The Balaban J connectivity index is 2.83. The van der Waals surface area contributed by atoms with Crippen LogP contribution in [0.4, 0.5) is 0 Å². The molecule has 0 unspecified atom stereocenters. The van der Waals surface area contributed by atoms with Gasteiger partial charge in [0.1, 0.15) is 5.03 Å². The van der Waals surface area contributed by atoms with Crippen molar-refractivity contribution in [2.75, 3.05) is 6.54 Å². The molecule has 4 heteroatoms. The van der Waals surface area contributed by atoms with Gasteiger partial charge in [-0.3, -0.25) is 0 Å². The number of hydrogen-bond acceptors (Lipinski definition) is 2. The molecule has 0 aromatic carbocycles. The average molecular weight is 166 g/mol. The minimum atomic E-state index is -0.0129. The van der Waals surface area contributed by atoms with E-state index in [2.05, 4.69) is 5.32 Å². The maximum Gasteiger partial charge on any atom is 0.203 e. The van der Waals surface area contributed by atoms with E-state index in [0.717, 1.165) is 0 Å². The number of nitrogens with one attached hydrogen (secondary N) is 1. The molecule has 0 aromatic heterocycles. The van der Waals surface area contributed by atoms with Gasteiger partial charge in [-0.05, 0) is 6.08 Å². The Labute approximate surface area is 62.8 Å². The number of aliphatic hydroxyl groups is 1. The molecule has 0 bridgehead atoms. The molecule has 1 rings (SSSR count). The van der Waals surface area contributed by atoms with Gasteiger partial charge < -0.3 is 10.4 Å². The van der Waals surface area contributed by atoms with Crippen LogP contribution in [0.3, 0.4) is 0 Å². The fourth-order valence-corrected chi connectivity index (χ4v) is 0.940. The SMILES string of the molecule is OC1=C(Cl)C=C(Cl)CN1. The Morgan fingerprint density at radius 1 is 1.56 bits per heavy atom. The highest BCUT2D eigenvalue weighted by Crippen LogP contribution is 2.16. The molecule has 1 heterocycles. The molecule has 1 aliphatic heterocycles. The third kappa shape index (κ3) is 1.53. The van der Waals surface area contributed by atoms with E-state index < -0.39 is 0 Å². The number of hydrogen-bond donors (Lipinski definition) is 2. The number of allylic oxidation sites excluding steroid dienone is 2. The van der Waals surface area contributed by atoms with Crippen LogP contribution >= 0.6 is 23.2 Å². The van der Waals surface area contributed by atoms with Gasteiger partial charge in [-0.25, -0.2) is 0 Å². The van der Waals surface area contributed by atoms with Crippen LogP contribution in [-0.4, -0.2) is 11.7 Å². The summed E-state index contributed by atoms with van der Waals surface area (Å²) in [4.78, 5) is 0. The lowest BCUT2D eigenvalue weighted by Gasteiger charge is -2.09. The van der Waals surface area contributed by atoms with Crippen molar-refractivity contribution in [1.82, 2.24) is 5.32 Å². The molecule has 0 amide bonds. The lowest BCUT2D eigenvalue weighted by molar-refractivity contribution is 0.366. The fraction of sp³-hybridized carbons (Fsp3) is 0.200. The number of rotatable bonds is 0. The minimum absolute atomic E-state index is 0.0129. The molecular formula is C5H5Cl2NO. The Kier molecular flexibility index (Phi) is 1.88. The highest BCUT2D eigenvalue weighted by molar-refractivity contribution is 6.35. The molecule has 0 fully saturated rings. The summed E-state index contributed by atoms with van der Waals surface area (Å²) < 4.78 is 0. The van der Waals surface area contributed by atoms with Gasteiger partial charge in [-0.1, -0.05) is 23.2 Å². The van der Waals surface area contributed by atoms with Crippen LogP contribution < -0.4 is 5.32 Å². The normalized spacial score (nSPS) is 19.1. The van der Waals surface area contributed by atoms with Crippen LogP contribution in [0.25, 0.3) is 0 Å². The van der Waals surface area contributed by atoms with Gasteiger partial charge in [0.15, 0.2) is 0 Å². The third-order valence-corrected chi connectivity index (χ3v) is 1.47. The van der Waals surface area contributed by atoms with E-state index in [1.165, 1.54) is 6.08 Å². The van der Waals surface area contributed by atoms with Gasteiger partial charge in [-0.15, -0.1) is 0 Å². The average Bonchev–Trinajstić information content (AvgIpc) is 1.80. The topological polar surface area (TPSA) is 32.3 Å². The van der Waals surface area contributed by atoms with Crippen LogP contribution in [0, 0.1) is 0 Å². The van der Waals surface area contributed by atoms with Crippen molar-refractivity contribution in [2.45, 2.75) is 0 Å². The molecule has 9 heavy (non-hydrogen) atoms. The molecule has 50 valence electrons. The molecule has 0 saturated heterocycles. The van der Waals surface area contributed by atoms with E-state index in [-0.39, 0.29) is 10.9 Å². The highest BCUT2D eigenvalue weighted by atomic mass is 35.5. The lowest BCUT2D eigenvalue weighted by Crippen LogP contribution is -2.18. The van der Waals surface area contributed by atoms with Crippen molar-refractivity contribution in [2.24, 2.45) is 0 Å². The van der Waals surface area contributed by atoms with Crippen molar-refractivity contribution in [1.29, 1.82) is 0 Å². The van der Waals surface area contributed by atoms with Crippen molar-refractivity contribution < 1.29 is 5.11 Å². The molecule has 0 aliphatic carbocycles. The smallest absolute Gasteiger partial charge is 0.203 e. The summed E-state index contributed by atoms with van der Waals surface area (Å²) in [5.41, 5.74) is 0. The fourth-order valence-electron chi connectivity index (χ4n) is 0.509. The second-order valence-electron chi connectivity index (χ2n) is 1.64. The summed E-state index contributed by atoms with van der Waals surface area (Å²) in [6, 6.07) is 0. The van der Waals surface area contributed by atoms with Crippen molar-refractivity contribution in [3.8, 4) is 0 Å². The van der Waals surface area contributed by atoms with E-state index in [0.29, 0.717) is 11.6 Å². The second-order valence-corrected chi connectivity index (χ2v) is 2.53. The Morgan fingerprint density at radius 2 is 2.22 bits per heavy atom. The van der Waals surface area contributed by atoms with Crippen LogP contribution in [0.5, 0.6) is 0 Å². The summed E-state index contributed by atoms with van der Waals surface area (Å²) in [6.07, 6.45) is 1.51. The lowest BCUT2D eigenvalue weighted by atomic mass is 10.4. The second kappa shape index (κ2) is 2.50. The predicted octanol–water partition coefficient (Wildman–Crippen LogP) is 1.68. The first kappa shape index (κ1) is 6.78. The quantitative estimate of drug-likeness (QED) is 0.573. The van der Waals surface area contributed by atoms with Crippen LogP contribution in [0.1, 0.15) is 0 Å². The Hall–Kier alpha value is -0.340. The molecule has 0 atom stereocenters. The zero-order chi connectivity index (χ0) is 6.85. The van der Waals surface area contributed by atoms with Crippen LogP contribution in [-0.2, 0) is 0 Å². The summed E-state index contributed by atoms with van der Waals surface area (Å²) in [6.45, 7) is 0.448. The van der Waals surface area contributed by atoms with E-state index in [9.17, 15) is 0 Å². The summed E-state index contributed by atoms with van der Waals surface area (Å²) in [5.74, 6) is -0.0129. The van der Waals surface area contributed by atoms with Gasteiger partial charge in [0, 0.05) is 5.03 Å². The van der Waals surface area contributed by atoms with Gasteiger partial charge in [0.2, 0.25) is 5.88 Å². The van der Waals surface area contributed by atoms with Gasteiger partial charge in [-0.2, -0.15) is 0 Å². The molecule has 2 N–H and O–H groups in total. The molecule has 0 aromatic rings. The largest absolute Gasteiger partial charge is 0.494 e. The summed E-state index contributed by atoms with van der Waals surface area (Å²) in [7, 11) is 0. The Morgan fingerprint density at radius 3 is 2.67 bits per heavy atom. The van der Waals surface area contributed by atoms with Crippen LogP contribution in [0.15, 0.2) is 22.0 Å². The first-order valence-corrected chi connectivity index (χ1v) is 3.14. The third-order valence-electron chi connectivity index (χ3n) is 0.934. The number of halogens is 2. The maximum atomic E-state index is 8.83. The molecule has 0 spiro atoms. The van der Waals surface area contributed by atoms with Crippen LogP contribution in [0.2, 0.25) is 0 Å². The molecule has 0 radical (unpaired) electrons. The van der Waals surface area contributed by atoms with Gasteiger partial charge in [0.25, 0.3) is 0 Å². The standard InChI is InChI=1S/C5H5Cl2NO/c6-3-1-4(7)5(9)8-2-3/h1,8-9H,2H2. The Bertz CT molecular complexity index is 185. The van der Waals surface area contributed by atoms with Gasteiger partial charge >= 0.3 is 0 Å². The molecule has 1 aliphatic rings. The van der Waals surface area contributed by atoms with E-state index in [4.69, 9.17) is 28.3 Å².